The molecule has 0 spiro atoms. The van der Waals surface area contributed by atoms with Crippen molar-refractivity contribution in [3.8, 4) is 5.75 Å². The first-order chi connectivity index (χ1) is 11.0. The van der Waals surface area contributed by atoms with Crippen molar-refractivity contribution in [1.82, 2.24) is 0 Å². The smallest absolute Gasteiger partial charge is 0.205 e. The van der Waals surface area contributed by atoms with Crippen LogP contribution in [0.4, 0.5) is 0 Å². The third-order valence-electron chi connectivity index (χ3n) is 3.79. The Kier molecular flexibility index (Phi) is 4.09. The minimum Gasteiger partial charge on any atom is -0.496 e. The lowest BCUT2D eigenvalue weighted by atomic mass is 10.1. The number of rotatable bonds is 4. The van der Waals surface area contributed by atoms with Crippen LogP contribution in [0.5, 0.6) is 5.75 Å². The molecule has 0 N–H and O–H groups in total. The predicted octanol–water partition coefficient (Wildman–Crippen LogP) is 2.90. The number of aryl methyl sites for hydroxylation is 1. The van der Waals surface area contributed by atoms with Gasteiger partial charge in [0, 0.05) is 5.56 Å². The summed E-state index contributed by atoms with van der Waals surface area (Å²) in [5, 5.41) is -1.03. The van der Waals surface area contributed by atoms with E-state index in [1.54, 1.807) is 36.4 Å². The van der Waals surface area contributed by atoms with E-state index in [1.165, 1.54) is 13.5 Å². The molecule has 0 fully saturated rings. The first kappa shape index (κ1) is 15.6. The van der Waals surface area contributed by atoms with Crippen LogP contribution in [0.25, 0.3) is 0 Å². The zero-order valence-corrected chi connectivity index (χ0v) is 13.7. The Balaban J connectivity index is 2.01. The summed E-state index contributed by atoms with van der Waals surface area (Å²) < 4.78 is 36.6. The molecule has 2 aromatic carbocycles. The zero-order chi connectivity index (χ0) is 16.4. The second-order valence-corrected chi connectivity index (χ2v) is 7.35. The molecule has 1 heterocycles. The van der Waals surface area contributed by atoms with E-state index in [2.05, 4.69) is 4.99 Å². The molecule has 0 amide bonds. The molecule has 2 atom stereocenters. The molecule has 6 heteroatoms. The minimum absolute atomic E-state index is 0.232. The normalized spacial score (nSPS) is 20.3. The maximum absolute atomic E-state index is 12.9. The number of ether oxygens (including phenoxy) is 2. The van der Waals surface area contributed by atoms with Gasteiger partial charge in [0.1, 0.15) is 5.75 Å². The highest BCUT2D eigenvalue weighted by molar-refractivity contribution is 7.92. The molecular formula is C17H17NO4S. The molecule has 0 saturated heterocycles. The van der Waals surface area contributed by atoms with Crippen molar-refractivity contribution in [2.45, 2.75) is 23.3 Å². The second-order valence-electron chi connectivity index (χ2n) is 5.30. The lowest BCUT2D eigenvalue weighted by molar-refractivity contribution is 0.221. The third kappa shape index (κ3) is 2.82. The average Bonchev–Trinajstić information content (AvgIpc) is 3.05. The number of sulfone groups is 1. The molecule has 0 saturated carbocycles. The molecule has 120 valence electrons. The van der Waals surface area contributed by atoms with Gasteiger partial charge in [0.2, 0.25) is 9.84 Å². The van der Waals surface area contributed by atoms with Crippen molar-refractivity contribution in [2.75, 3.05) is 7.11 Å². The van der Waals surface area contributed by atoms with Crippen molar-refractivity contribution in [1.29, 1.82) is 0 Å². The van der Waals surface area contributed by atoms with Gasteiger partial charge in [-0.1, -0.05) is 35.9 Å². The highest BCUT2D eigenvalue weighted by atomic mass is 32.2. The predicted molar refractivity (Wildman–Crippen MR) is 87.5 cm³/mol. The van der Waals surface area contributed by atoms with Gasteiger partial charge in [-0.3, -0.25) is 0 Å². The molecule has 23 heavy (non-hydrogen) atoms. The topological polar surface area (TPSA) is 65.0 Å². The molecule has 1 aliphatic heterocycles. The highest BCUT2D eigenvalue weighted by Crippen LogP contribution is 2.37. The van der Waals surface area contributed by atoms with Gasteiger partial charge in [0.05, 0.1) is 12.0 Å². The first-order valence-corrected chi connectivity index (χ1v) is 8.69. The summed E-state index contributed by atoms with van der Waals surface area (Å²) in [5.74, 6) is 0.576. The molecule has 0 aliphatic carbocycles. The van der Waals surface area contributed by atoms with Gasteiger partial charge in [-0.2, -0.15) is 0 Å². The number of hydrogen-bond acceptors (Lipinski definition) is 5. The van der Waals surface area contributed by atoms with Crippen LogP contribution in [0.2, 0.25) is 0 Å². The summed E-state index contributed by atoms with van der Waals surface area (Å²) in [6.45, 7) is 1.91. The van der Waals surface area contributed by atoms with Crippen LogP contribution < -0.4 is 4.74 Å². The van der Waals surface area contributed by atoms with Crippen LogP contribution in [0.1, 0.15) is 17.2 Å². The Labute approximate surface area is 135 Å². The quantitative estimate of drug-likeness (QED) is 0.864. The van der Waals surface area contributed by atoms with Crippen molar-refractivity contribution in [2.24, 2.45) is 4.99 Å². The van der Waals surface area contributed by atoms with Gasteiger partial charge in [0.25, 0.3) is 0 Å². The molecular weight excluding hydrogens is 314 g/mol. The fraction of sp³-hybridized carbons (Fsp3) is 0.235. The van der Waals surface area contributed by atoms with Crippen LogP contribution in [0.15, 0.2) is 58.4 Å². The number of benzene rings is 2. The Morgan fingerprint density at radius 2 is 1.78 bits per heavy atom. The molecule has 0 aromatic heterocycles. The average molecular weight is 331 g/mol. The van der Waals surface area contributed by atoms with Crippen LogP contribution in [-0.2, 0) is 14.6 Å². The zero-order valence-electron chi connectivity index (χ0n) is 12.8. The molecule has 0 radical (unpaired) electrons. The second kappa shape index (κ2) is 6.04. The van der Waals surface area contributed by atoms with E-state index in [-0.39, 0.29) is 4.90 Å². The van der Waals surface area contributed by atoms with Crippen LogP contribution in [0, 0.1) is 6.92 Å². The summed E-state index contributed by atoms with van der Waals surface area (Å²) in [6.07, 6.45) is 0.477. The maximum Gasteiger partial charge on any atom is 0.205 e. The molecule has 1 aliphatic rings. The largest absolute Gasteiger partial charge is 0.496 e. The Morgan fingerprint density at radius 3 is 2.48 bits per heavy atom. The van der Waals surface area contributed by atoms with E-state index in [9.17, 15) is 8.42 Å². The summed E-state index contributed by atoms with van der Waals surface area (Å²) in [4.78, 5) is 4.28. The molecule has 2 aromatic rings. The minimum atomic E-state index is -3.66. The van der Waals surface area contributed by atoms with E-state index in [0.29, 0.717) is 11.3 Å². The summed E-state index contributed by atoms with van der Waals surface area (Å²) in [6, 6.07) is 13.9. The fourth-order valence-electron chi connectivity index (χ4n) is 2.54. The molecule has 3 rings (SSSR count). The Morgan fingerprint density at radius 1 is 1.09 bits per heavy atom. The van der Waals surface area contributed by atoms with Gasteiger partial charge in [-0.05, 0) is 25.1 Å². The SMILES string of the molecule is COc1ccccc1[C@H]1OC=N[C@@H]1S(=O)(=O)c1ccc(C)cc1. The van der Waals surface area contributed by atoms with E-state index < -0.39 is 21.3 Å². The van der Waals surface area contributed by atoms with Crippen molar-refractivity contribution in [3.05, 3.63) is 59.7 Å². The standard InChI is InChI=1S/C17H17NO4S/c1-12-7-9-13(10-8-12)23(19,20)17-16(22-11-18-17)14-5-3-4-6-15(14)21-2/h3-11,16-17H,1-2H3/t16-,17-/m1/s1. The van der Waals surface area contributed by atoms with Crippen LogP contribution in [0.3, 0.4) is 0 Å². The summed E-state index contributed by atoms with van der Waals surface area (Å²) in [5.41, 5.74) is 1.66. The van der Waals surface area contributed by atoms with Crippen molar-refractivity contribution < 1.29 is 17.9 Å². The maximum atomic E-state index is 12.9. The first-order valence-electron chi connectivity index (χ1n) is 7.14. The number of nitrogens with zero attached hydrogens (tertiary/aromatic N) is 1. The van der Waals surface area contributed by atoms with E-state index in [0.717, 1.165) is 5.56 Å². The lowest BCUT2D eigenvalue weighted by Gasteiger charge is -2.20. The van der Waals surface area contributed by atoms with Crippen LogP contribution in [-0.4, -0.2) is 27.3 Å². The lowest BCUT2D eigenvalue weighted by Crippen LogP contribution is -2.25. The van der Waals surface area contributed by atoms with Crippen molar-refractivity contribution >= 4 is 16.2 Å². The van der Waals surface area contributed by atoms with E-state index in [4.69, 9.17) is 9.47 Å². The van der Waals surface area contributed by atoms with Crippen molar-refractivity contribution in [3.63, 3.8) is 0 Å². The Hall–Kier alpha value is -2.34. The van der Waals surface area contributed by atoms with Gasteiger partial charge >= 0.3 is 0 Å². The summed E-state index contributed by atoms with van der Waals surface area (Å²) >= 11 is 0. The van der Waals surface area contributed by atoms with Gasteiger partial charge in [0.15, 0.2) is 17.9 Å². The number of hydrogen-bond donors (Lipinski definition) is 0. The van der Waals surface area contributed by atoms with E-state index in [1.807, 2.05) is 19.1 Å². The molecule has 0 unspecified atom stereocenters. The highest BCUT2D eigenvalue weighted by Gasteiger charge is 2.40. The molecule has 5 nitrogen and oxygen atoms in total. The monoisotopic (exact) mass is 331 g/mol. The van der Waals surface area contributed by atoms with Gasteiger partial charge in [-0.15, -0.1) is 0 Å². The fourth-order valence-corrected chi connectivity index (χ4v) is 4.09. The van der Waals surface area contributed by atoms with Gasteiger partial charge in [-0.25, -0.2) is 13.4 Å². The number of para-hydroxylation sites is 1. The molecule has 0 bridgehead atoms. The Bertz CT molecular complexity index is 828. The van der Waals surface area contributed by atoms with E-state index >= 15 is 0 Å². The third-order valence-corrected chi connectivity index (χ3v) is 5.72. The van der Waals surface area contributed by atoms with Gasteiger partial charge < -0.3 is 9.47 Å². The number of aliphatic imine (C=N–C) groups is 1. The summed E-state index contributed by atoms with van der Waals surface area (Å²) in [7, 11) is -2.12. The number of methoxy groups -OCH3 is 1. The van der Waals surface area contributed by atoms with Crippen LogP contribution >= 0.6 is 0 Å².